The van der Waals surface area contributed by atoms with E-state index in [2.05, 4.69) is 15.6 Å². The van der Waals surface area contributed by atoms with Crippen molar-refractivity contribution in [1.29, 1.82) is 0 Å². The fourth-order valence-corrected chi connectivity index (χ4v) is 4.91. The summed E-state index contributed by atoms with van der Waals surface area (Å²) in [6, 6.07) is 2.93. The minimum Gasteiger partial charge on any atom is -0.480 e. The smallest absolute Gasteiger partial charge is 0.326 e. The number of hydrogen-bond acceptors (Lipinski definition) is 10. The van der Waals surface area contributed by atoms with Crippen LogP contribution >= 0.6 is 0 Å². The minimum atomic E-state index is -1.99. The molecule has 0 saturated carbocycles. The van der Waals surface area contributed by atoms with E-state index in [0.29, 0.717) is 24.8 Å². The van der Waals surface area contributed by atoms with Crippen molar-refractivity contribution in [2.45, 2.75) is 83.0 Å². The van der Waals surface area contributed by atoms with E-state index >= 15 is 0 Å². The Kier molecular flexibility index (Phi) is 17.9. The van der Waals surface area contributed by atoms with Crippen molar-refractivity contribution in [1.82, 2.24) is 10.6 Å². The molecular weight excluding hydrogens is 612 g/mol. The number of carbonyl (C=O) groups excluding carboxylic acids is 4. The summed E-state index contributed by atoms with van der Waals surface area (Å²) in [4.78, 5) is 81.5. The number of carbonyl (C=O) groups is 6. The average Bonchev–Trinajstić information content (AvgIpc) is 3.00. The lowest BCUT2D eigenvalue weighted by molar-refractivity contribution is -0.148. The van der Waals surface area contributed by atoms with Gasteiger partial charge in [-0.15, -0.1) is 0 Å². The highest BCUT2D eigenvalue weighted by Crippen LogP contribution is 2.23. The van der Waals surface area contributed by atoms with Crippen molar-refractivity contribution in [2.24, 2.45) is 51.4 Å². The molecule has 6 atom stereocenters. The molecule has 0 aromatic heterocycles. The van der Waals surface area contributed by atoms with E-state index in [9.17, 15) is 39.0 Å². The van der Waals surface area contributed by atoms with E-state index in [4.69, 9.17) is 28.7 Å². The van der Waals surface area contributed by atoms with Crippen LogP contribution in [0, 0.1) is 17.8 Å². The first kappa shape index (κ1) is 40.6. The van der Waals surface area contributed by atoms with Crippen LogP contribution in [0.2, 0.25) is 0 Å². The van der Waals surface area contributed by atoms with E-state index < -0.39 is 83.7 Å². The summed E-state index contributed by atoms with van der Waals surface area (Å²) in [5.74, 6) is -9.97. The molecule has 1 rings (SSSR count). The van der Waals surface area contributed by atoms with Gasteiger partial charge in [0.15, 0.2) is 11.7 Å². The fourth-order valence-electron chi connectivity index (χ4n) is 4.91. The quantitative estimate of drug-likeness (QED) is 0.0283. The number of hydrogen-bond donors (Lipinski definition) is 9. The number of unbranched alkanes of at least 4 members (excludes halogenated alkanes) is 1. The van der Waals surface area contributed by atoms with Crippen LogP contribution in [0.4, 0.5) is 0 Å². The Hall–Kier alpha value is -4.41. The lowest BCUT2D eigenvalue weighted by Crippen LogP contribution is -2.55. The average molecular weight is 663 g/mol. The van der Waals surface area contributed by atoms with E-state index in [1.165, 1.54) is 0 Å². The Bertz CT molecular complexity index is 1240. The number of amides is 2. The normalized spacial score (nSPS) is 14.9. The highest BCUT2D eigenvalue weighted by molar-refractivity contribution is 6.10. The number of aliphatic carboxylic acids is 2. The predicted molar refractivity (Wildman–Crippen MR) is 174 cm³/mol. The number of ketones is 2. The number of nitrogens with one attached hydrogen (secondary N) is 2. The second-order valence-corrected chi connectivity index (χ2v) is 11.8. The van der Waals surface area contributed by atoms with Crippen molar-refractivity contribution < 1.29 is 39.0 Å². The summed E-state index contributed by atoms with van der Waals surface area (Å²) in [7, 11) is 0. The molecule has 1 aromatic carbocycles. The lowest BCUT2D eigenvalue weighted by atomic mass is 9.80. The molecule has 1 aromatic rings. The van der Waals surface area contributed by atoms with Crippen LogP contribution in [0.15, 0.2) is 35.3 Å². The maximum absolute atomic E-state index is 13.8. The van der Waals surface area contributed by atoms with Crippen LogP contribution in [0.1, 0.15) is 57.9 Å². The number of Topliss-reactive ketones (excluding diaryl/α,β-unsaturated/α-hetero) is 2. The highest BCUT2D eigenvalue weighted by Gasteiger charge is 2.42. The van der Waals surface area contributed by atoms with Crippen molar-refractivity contribution >= 4 is 41.3 Å². The standard InChI is InChI=1S/C31H50N8O8/c1-17(2)19(27(42)39-22(29(44)45)15-18-9-4-3-5-10-18)16-23(40)24(25(34)30(46)47)26(41)21(12-6-7-13-32)38-28(43)20(33)11-8-14-37-31(35)36/h3-5,9-10,17,19-22,24-25H,6-8,11-16,32-34H2,1-2H3,(H,38,43)(H,39,42)(H,44,45)(H,46,47)(H4,35,36,37)/t19?,20-,21-,22-,24+,25?/m0/s1. The Morgan fingerprint density at radius 3 is 1.98 bits per heavy atom. The monoisotopic (exact) mass is 662 g/mol. The molecule has 0 radical (unpaired) electrons. The summed E-state index contributed by atoms with van der Waals surface area (Å²) in [6.07, 6.45) is 0.736. The third kappa shape index (κ3) is 14.3. The molecule has 2 amide bonds. The first-order valence-corrected chi connectivity index (χ1v) is 15.5. The van der Waals surface area contributed by atoms with Gasteiger partial charge in [0.2, 0.25) is 11.8 Å². The van der Waals surface area contributed by atoms with Crippen LogP contribution in [0.5, 0.6) is 0 Å². The largest absolute Gasteiger partial charge is 0.480 e. The number of carboxylic acid groups (broad SMARTS) is 2. The van der Waals surface area contributed by atoms with Crippen molar-refractivity contribution in [3.8, 4) is 0 Å². The van der Waals surface area contributed by atoms with Gasteiger partial charge in [-0.25, -0.2) is 4.79 Å². The molecule has 0 heterocycles. The van der Waals surface area contributed by atoms with Crippen LogP contribution in [-0.4, -0.2) is 88.7 Å². The van der Waals surface area contributed by atoms with Crippen molar-refractivity contribution in [2.75, 3.05) is 13.1 Å². The van der Waals surface area contributed by atoms with E-state index in [1.54, 1.807) is 44.2 Å². The Labute approximate surface area is 274 Å². The molecule has 16 nitrogen and oxygen atoms in total. The number of carboxylic acids is 2. The lowest BCUT2D eigenvalue weighted by Gasteiger charge is -2.28. The minimum absolute atomic E-state index is 0.0203. The summed E-state index contributed by atoms with van der Waals surface area (Å²) in [5.41, 5.74) is 28.7. The summed E-state index contributed by atoms with van der Waals surface area (Å²) >= 11 is 0. The fraction of sp³-hybridized carbons (Fsp3) is 0.581. The van der Waals surface area contributed by atoms with Gasteiger partial charge in [0.05, 0.1) is 12.1 Å². The molecule has 262 valence electrons. The van der Waals surface area contributed by atoms with Crippen molar-refractivity contribution in [3.05, 3.63) is 35.9 Å². The van der Waals surface area contributed by atoms with Crippen LogP contribution in [0.3, 0.4) is 0 Å². The zero-order valence-corrected chi connectivity index (χ0v) is 27.0. The number of guanidine groups is 1. The molecule has 0 fully saturated rings. The third-order valence-electron chi connectivity index (χ3n) is 7.67. The second-order valence-electron chi connectivity index (χ2n) is 11.8. The zero-order chi connectivity index (χ0) is 35.7. The molecule has 0 bridgehead atoms. The number of nitrogens with two attached hydrogens (primary N) is 5. The molecule has 0 spiro atoms. The molecule has 2 unspecified atom stereocenters. The Morgan fingerprint density at radius 2 is 1.45 bits per heavy atom. The summed E-state index contributed by atoms with van der Waals surface area (Å²) < 4.78 is 0. The number of rotatable bonds is 23. The van der Waals surface area contributed by atoms with Crippen LogP contribution in [0.25, 0.3) is 0 Å². The van der Waals surface area contributed by atoms with Gasteiger partial charge < -0.3 is 49.5 Å². The first-order chi connectivity index (χ1) is 22.1. The van der Waals surface area contributed by atoms with Gasteiger partial charge >= 0.3 is 11.9 Å². The maximum Gasteiger partial charge on any atom is 0.326 e. The third-order valence-corrected chi connectivity index (χ3v) is 7.67. The SMILES string of the molecule is CC(C)C(CC(=O)[C@@H](C(=O)[C@H](CCCCN)NC(=O)[C@@H](N)CCCN=C(N)N)C(N)C(=O)O)C(=O)N[C@@H](Cc1ccccc1)C(=O)O. The zero-order valence-electron chi connectivity index (χ0n) is 27.0. The summed E-state index contributed by atoms with van der Waals surface area (Å²) in [6.45, 7) is 3.75. The highest BCUT2D eigenvalue weighted by atomic mass is 16.4. The molecule has 0 aliphatic carbocycles. The topological polar surface area (TPSA) is 309 Å². The van der Waals surface area contributed by atoms with Gasteiger partial charge in [-0.2, -0.15) is 0 Å². The van der Waals surface area contributed by atoms with Gasteiger partial charge in [-0.3, -0.25) is 29.0 Å². The van der Waals surface area contributed by atoms with Gasteiger partial charge in [0.25, 0.3) is 0 Å². The second kappa shape index (κ2) is 20.7. The number of nitrogens with zero attached hydrogens (tertiary/aromatic N) is 1. The van der Waals surface area contributed by atoms with Gasteiger partial charge in [0, 0.05) is 25.3 Å². The van der Waals surface area contributed by atoms with Crippen LogP contribution < -0.4 is 39.3 Å². The number of benzene rings is 1. The van der Waals surface area contributed by atoms with E-state index in [-0.39, 0.29) is 38.3 Å². The molecule has 0 aliphatic rings. The maximum atomic E-state index is 13.8. The molecule has 0 aliphatic heterocycles. The summed E-state index contributed by atoms with van der Waals surface area (Å²) in [5, 5.41) is 24.5. The molecule has 47 heavy (non-hydrogen) atoms. The van der Waals surface area contributed by atoms with Crippen molar-refractivity contribution in [3.63, 3.8) is 0 Å². The Morgan fingerprint density at radius 1 is 0.830 bits per heavy atom. The molecular formula is C31H50N8O8. The Balaban J connectivity index is 3.24. The number of aliphatic imine (C=N–C) groups is 1. The van der Waals surface area contributed by atoms with Gasteiger partial charge in [-0.1, -0.05) is 44.2 Å². The van der Waals surface area contributed by atoms with Gasteiger partial charge in [-0.05, 0) is 50.1 Å². The molecule has 0 saturated heterocycles. The van der Waals surface area contributed by atoms with E-state index in [1.807, 2.05) is 0 Å². The van der Waals surface area contributed by atoms with Gasteiger partial charge in [0.1, 0.15) is 23.8 Å². The predicted octanol–water partition coefficient (Wildman–Crippen LogP) is -1.38. The molecule has 14 N–H and O–H groups in total. The molecule has 16 heteroatoms. The van der Waals surface area contributed by atoms with E-state index in [0.717, 1.165) is 0 Å². The first-order valence-electron chi connectivity index (χ1n) is 15.5. The van der Waals surface area contributed by atoms with Crippen LogP contribution in [-0.2, 0) is 35.2 Å².